The van der Waals surface area contributed by atoms with Crippen molar-refractivity contribution in [3.8, 4) is 22.5 Å². The summed E-state index contributed by atoms with van der Waals surface area (Å²) in [6.07, 6.45) is 3.09. The zero-order valence-electron chi connectivity index (χ0n) is 17.9. The smallest absolute Gasteiger partial charge is 0.166 e. The van der Waals surface area contributed by atoms with Crippen LogP contribution in [0, 0.1) is 0 Å². The second-order valence-electron chi connectivity index (χ2n) is 8.07. The van der Waals surface area contributed by atoms with Crippen LogP contribution in [0.4, 0.5) is 0 Å². The predicted octanol–water partition coefficient (Wildman–Crippen LogP) is 5.73. The number of H-pyrrole nitrogens is 1. The summed E-state index contributed by atoms with van der Waals surface area (Å²) in [5, 5.41) is 1.00. The van der Waals surface area contributed by atoms with E-state index in [0.29, 0.717) is 12.2 Å². The highest BCUT2D eigenvalue weighted by atomic mass is 32.2. The number of nitrogens with one attached hydrogen (secondary N) is 1. The lowest BCUT2D eigenvalue weighted by molar-refractivity contribution is -0.0680. The van der Waals surface area contributed by atoms with Crippen LogP contribution in [0.1, 0.15) is 26.7 Å². The highest BCUT2D eigenvalue weighted by Crippen LogP contribution is 2.32. The van der Waals surface area contributed by atoms with Gasteiger partial charge in [0.25, 0.3) is 0 Å². The Kier molecular flexibility index (Phi) is 7.26. The van der Waals surface area contributed by atoms with E-state index in [4.69, 9.17) is 9.72 Å². The number of hydrogen-bond donors (Lipinski definition) is 1. The molecule has 3 aromatic rings. The first-order valence-corrected chi connectivity index (χ1v) is 11.9. The van der Waals surface area contributed by atoms with Crippen molar-refractivity contribution in [3.05, 3.63) is 60.7 Å². The fourth-order valence-corrected chi connectivity index (χ4v) is 4.98. The van der Waals surface area contributed by atoms with Crippen LogP contribution in [0.15, 0.2) is 65.8 Å². The van der Waals surface area contributed by atoms with E-state index in [1.165, 1.54) is 18.4 Å². The molecule has 2 atom stereocenters. The molecule has 0 saturated carbocycles. The topological polar surface area (TPSA) is 41.2 Å². The Morgan fingerprint density at radius 3 is 2.23 bits per heavy atom. The molecule has 158 valence electrons. The van der Waals surface area contributed by atoms with Crippen molar-refractivity contribution < 1.29 is 4.74 Å². The maximum Gasteiger partial charge on any atom is 0.166 e. The summed E-state index contributed by atoms with van der Waals surface area (Å²) < 4.78 is 5.83. The molecule has 4 rings (SSSR count). The summed E-state index contributed by atoms with van der Waals surface area (Å²) in [4.78, 5) is 11.1. The lowest BCUT2D eigenvalue weighted by Crippen LogP contribution is -2.45. The molecule has 30 heavy (non-hydrogen) atoms. The van der Waals surface area contributed by atoms with Gasteiger partial charge in [0.2, 0.25) is 0 Å². The summed E-state index contributed by atoms with van der Waals surface area (Å²) in [5.41, 5.74) is 4.45. The van der Waals surface area contributed by atoms with Gasteiger partial charge in [-0.2, -0.15) is 0 Å². The normalized spacial score (nSPS) is 19.8. The van der Waals surface area contributed by atoms with Crippen LogP contribution >= 0.6 is 11.8 Å². The first-order chi connectivity index (χ1) is 14.7. The quantitative estimate of drug-likeness (QED) is 0.373. The molecule has 1 fully saturated rings. The Bertz CT molecular complexity index is 846. The molecule has 1 N–H and O–H groups in total. The fraction of sp³-hybridized carbons (Fsp3) is 0.400. The van der Waals surface area contributed by atoms with Crippen LogP contribution in [-0.2, 0) is 4.74 Å². The molecule has 4 nitrogen and oxygen atoms in total. The van der Waals surface area contributed by atoms with Crippen LogP contribution in [0.3, 0.4) is 0 Å². The predicted molar refractivity (Wildman–Crippen MR) is 126 cm³/mol. The van der Waals surface area contributed by atoms with Crippen molar-refractivity contribution in [1.29, 1.82) is 0 Å². The fourth-order valence-electron chi connectivity index (χ4n) is 4.11. The number of nitrogens with zero attached hydrogens (tertiary/aromatic N) is 2. The average Bonchev–Trinajstić information content (AvgIpc) is 3.18. The van der Waals surface area contributed by atoms with Crippen LogP contribution in [0.2, 0.25) is 0 Å². The number of aromatic amines is 1. The molecule has 1 aliphatic heterocycles. The molecule has 0 unspecified atom stereocenters. The average molecular weight is 422 g/mol. The van der Waals surface area contributed by atoms with Crippen molar-refractivity contribution in [2.45, 2.75) is 44.1 Å². The number of unbranched alkanes of at least 4 members (excludes halogenated alkanes) is 1. The Morgan fingerprint density at radius 2 is 1.57 bits per heavy atom. The number of imidazole rings is 1. The Morgan fingerprint density at radius 1 is 0.933 bits per heavy atom. The summed E-state index contributed by atoms with van der Waals surface area (Å²) in [7, 11) is 0. The van der Waals surface area contributed by atoms with Gasteiger partial charge in [-0.05, 0) is 33.2 Å². The number of rotatable bonds is 8. The molecule has 0 radical (unpaired) electrons. The van der Waals surface area contributed by atoms with Gasteiger partial charge in [-0.1, -0.05) is 72.4 Å². The largest absolute Gasteiger partial charge is 0.373 e. The van der Waals surface area contributed by atoms with Crippen molar-refractivity contribution >= 4 is 11.8 Å². The molecule has 0 bridgehead atoms. The monoisotopic (exact) mass is 421 g/mol. The van der Waals surface area contributed by atoms with E-state index in [1.807, 2.05) is 23.9 Å². The van der Waals surface area contributed by atoms with Gasteiger partial charge in [0.05, 0.1) is 23.6 Å². The Labute approximate surface area is 184 Å². The van der Waals surface area contributed by atoms with Crippen molar-refractivity contribution in [2.24, 2.45) is 0 Å². The van der Waals surface area contributed by atoms with Crippen LogP contribution in [-0.4, -0.2) is 52.5 Å². The molecule has 2 aromatic carbocycles. The van der Waals surface area contributed by atoms with Crippen molar-refractivity contribution in [1.82, 2.24) is 14.9 Å². The second-order valence-corrected chi connectivity index (χ2v) is 9.15. The second kappa shape index (κ2) is 10.3. The van der Waals surface area contributed by atoms with E-state index in [2.05, 4.69) is 72.3 Å². The van der Waals surface area contributed by atoms with E-state index in [9.17, 15) is 0 Å². The summed E-state index contributed by atoms with van der Waals surface area (Å²) in [6, 6.07) is 20.9. The van der Waals surface area contributed by atoms with Gasteiger partial charge in [0, 0.05) is 30.0 Å². The van der Waals surface area contributed by atoms with E-state index in [-0.39, 0.29) is 0 Å². The van der Waals surface area contributed by atoms with Gasteiger partial charge in [-0.25, -0.2) is 4.98 Å². The number of thioether (sulfide) groups is 1. The molecular formula is C25H31N3OS. The third-order valence-electron chi connectivity index (χ3n) is 5.39. The third kappa shape index (κ3) is 5.54. The van der Waals surface area contributed by atoms with Crippen LogP contribution in [0.25, 0.3) is 22.5 Å². The molecule has 0 aliphatic carbocycles. The van der Waals surface area contributed by atoms with Crippen LogP contribution < -0.4 is 0 Å². The van der Waals surface area contributed by atoms with Gasteiger partial charge in [-0.15, -0.1) is 0 Å². The maximum absolute atomic E-state index is 5.83. The first kappa shape index (κ1) is 21.2. The molecule has 0 spiro atoms. The van der Waals surface area contributed by atoms with E-state index in [1.54, 1.807) is 0 Å². The van der Waals surface area contributed by atoms with Gasteiger partial charge < -0.3 is 9.72 Å². The standard InChI is InChI=1S/C25H31N3OS/c1-19-17-28(18-20(2)29-19)15-9-10-16-30-25-26-23(21-11-5-3-6-12-21)24(27-25)22-13-7-4-8-14-22/h3-8,11-14,19-20H,9-10,15-18H2,1-2H3,(H,26,27)/t19-,20-/m1/s1. The van der Waals surface area contributed by atoms with Gasteiger partial charge in [0.15, 0.2) is 5.16 Å². The summed E-state index contributed by atoms with van der Waals surface area (Å²) >= 11 is 1.82. The molecule has 1 saturated heterocycles. The van der Waals surface area contributed by atoms with E-state index < -0.39 is 0 Å². The number of ether oxygens (including phenoxy) is 1. The highest BCUT2D eigenvalue weighted by Gasteiger charge is 2.21. The lowest BCUT2D eigenvalue weighted by atomic mass is 10.1. The Hall–Kier alpha value is -2.08. The minimum atomic E-state index is 0.346. The zero-order valence-corrected chi connectivity index (χ0v) is 18.7. The Balaban J connectivity index is 1.36. The minimum Gasteiger partial charge on any atom is -0.373 e. The molecule has 2 heterocycles. The SMILES string of the molecule is C[C@@H]1CN(CCCCSc2nc(-c3ccccc3)c(-c3ccccc3)[nH]2)C[C@@H](C)O1. The van der Waals surface area contributed by atoms with Gasteiger partial charge >= 0.3 is 0 Å². The molecule has 5 heteroatoms. The van der Waals surface area contributed by atoms with E-state index in [0.717, 1.165) is 47.5 Å². The molecular weight excluding hydrogens is 390 g/mol. The summed E-state index contributed by atoms with van der Waals surface area (Å²) in [6.45, 7) is 7.60. The van der Waals surface area contributed by atoms with Crippen molar-refractivity contribution in [2.75, 3.05) is 25.4 Å². The number of benzene rings is 2. The molecule has 1 aromatic heterocycles. The van der Waals surface area contributed by atoms with Crippen LogP contribution in [0.5, 0.6) is 0 Å². The van der Waals surface area contributed by atoms with Gasteiger partial charge in [0.1, 0.15) is 0 Å². The highest BCUT2D eigenvalue weighted by molar-refractivity contribution is 7.99. The van der Waals surface area contributed by atoms with Gasteiger partial charge in [-0.3, -0.25) is 4.90 Å². The number of aromatic nitrogens is 2. The zero-order chi connectivity index (χ0) is 20.8. The van der Waals surface area contributed by atoms with E-state index >= 15 is 0 Å². The number of hydrogen-bond acceptors (Lipinski definition) is 4. The number of morpholine rings is 1. The minimum absolute atomic E-state index is 0.346. The first-order valence-electron chi connectivity index (χ1n) is 10.9. The third-order valence-corrected chi connectivity index (χ3v) is 6.35. The van der Waals surface area contributed by atoms with Crippen molar-refractivity contribution in [3.63, 3.8) is 0 Å². The lowest BCUT2D eigenvalue weighted by Gasteiger charge is -2.35. The molecule has 1 aliphatic rings. The maximum atomic E-state index is 5.83. The summed E-state index contributed by atoms with van der Waals surface area (Å²) in [5.74, 6) is 1.07. The molecule has 0 amide bonds.